The summed E-state index contributed by atoms with van der Waals surface area (Å²) in [4.78, 5) is 32.0. The smallest absolute Gasteiger partial charge is 0.289 e. The third-order valence-corrected chi connectivity index (χ3v) is 6.92. The molecular formula is C23H32N6O2. The van der Waals surface area contributed by atoms with Gasteiger partial charge in [0.25, 0.3) is 5.91 Å². The molecule has 0 N–H and O–H groups in total. The van der Waals surface area contributed by atoms with Gasteiger partial charge in [-0.15, -0.1) is 0 Å². The summed E-state index contributed by atoms with van der Waals surface area (Å²) in [5.74, 6) is 2.97. The molecule has 166 valence electrons. The fourth-order valence-electron chi connectivity index (χ4n) is 4.74. The molecule has 0 atom stereocenters. The molecule has 1 amide bonds. The molecule has 2 aromatic heterocycles. The van der Waals surface area contributed by atoms with Crippen LogP contribution < -0.4 is 9.80 Å². The Morgan fingerprint density at radius 2 is 1.81 bits per heavy atom. The predicted octanol–water partition coefficient (Wildman–Crippen LogP) is 2.26. The van der Waals surface area contributed by atoms with Gasteiger partial charge in [0.1, 0.15) is 5.82 Å². The molecule has 3 aliphatic rings. The quantitative estimate of drug-likeness (QED) is 0.749. The molecule has 0 aromatic carbocycles. The number of nitrogens with zero attached hydrogens (tertiary/aromatic N) is 6. The van der Waals surface area contributed by atoms with E-state index in [1.165, 1.54) is 12.8 Å². The molecule has 8 heteroatoms. The molecule has 8 nitrogen and oxygen atoms in total. The minimum atomic E-state index is -0.0583. The number of aromatic nitrogens is 2. The van der Waals surface area contributed by atoms with Crippen molar-refractivity contribution < 1.29 is 9.21 Å². The van der Waals surface area contributed by atoms with E-state index in [9.17, 15) is 4.79 Å². The van der Waals surface area contributed by atoms with Crippen LogP contribution in [0.25, 0.3) is 0 Å². The summed E-state index contributed by atoms with van der Waals surface area (Å²) >= 11 is 0. The van der Waals surface area contributed by atoms with E-state index < -0.39 is 0 Å². The van der Waals surface area contributed by atoms with Crippen molar-refractivity contribution in [2.24, 2.45) is 5.92 Å². The van der Waals surface area contributed by atoms with Gasteiger partial charge < -0.3 is 24.0 Å². The highest BCUT2D eigenvalue weighted by Gasteiger charge is 2.31. The zero-order chi connectivity index (χ0) is 21.4. The first-order chi connectivity index (χ1) is 15.1. The van der Waals surface area contributed by atoms with Gasteiger partial charge >= 0.3 is 0 Å². The first kappa shape index (κ1) is 20.3. The molecule has 0 unspecified atom stereocenters. The van der Waals surface area contributed by atoms with Crippen molar-refractivity contribution in [2.45, 2.75) is 32.7 Å². The Hall–Kier alpha value is -2.61. The van der Waals surface area contributed by atoms with Gasteiger partial charge in [-0.1, -0.05) is 6.92 Å². The van der Waals surface area contributed by atoms with E-state index in [0.717, 1.165) is 74.6 Å². The minimum absolute atomic E-state index is 0.0583. The average molecular weight is 425 g/mol. The highest BCUT2D eigenvalue weighted by Crippen LogP contribution is 2.32. The Balaban J connectivity index is 1.46. The fourth-order valence-corrected chi connectivity index (χ4v) is 4.74. The van der Waals surface area contributed by atoms with Crippen molar-refractivity contribution in [1.29, 1.82) is 0 Å². The van der Waals surface area contributed by atoms with E-state index in [1.807, 2.05) is 4.90 Å². The maximum Gasteiger partial charge on any atom is 0.289 e. The molecule has 0 saturated carbocycles. The molecule has 3 aliphatic heterocycles. The summed E-state index contributed by atoms with van der Waals surface area (Å²) in [5.41, 5.74) is 2.21. The number of anilines is 2. The molecule has 0 radical (unpaired) electrons. The van der Waals surface area contributed by atoms with Crippen LogP contribution in [0.3, 0.4) is 0 Å². The largest absolute Gasteiger partial charge is 0.459 e. The lowest BCUT2D eigenvalue weighted by Crippen LogP contribution is -2.46. The van der Waals surface area contributed by atoms with Crippen LogP contribution >= 0.6 is 0 Å². The monoisotopic (exact) mass is 424 g/mol. The lowest BCUT2D eigenvalue weighted by molar-refractivity contribution is 0.0701. The second-order valence-corrected chi connectivity index (χ2v) is 9.19. The van der Waals surface area contributed by atoms with Gasteiger partial charge in [0, 0.05) is 57.8 Å². The zero-order valence-electron chi connectivity index (χ0n) is 18.6. The van der Waals surface area contributed by atoms with Crippen LogP contribution in [0.5, 0.6) is 0 Å². The van der Waals surface area contributed by atoms with Crippen LogP contribution in [-0.4, -0.2) is 78.5 Å². The first-order valence-electron chi connectivity index (χ1n) is 11.5. The van der Waals surface area contributed by atoms with Crippen LogP contribution in [0, 0.1) is 5.92 Å². The van der Waals surface area contributed by atoms with E-state index in [4.69, 9.17) is 14.4 Å². The lowest BCUT2D eigenvalue weighted by Gasteiger charge is -2.38. The summed E-state index contributed by atoms with van der Waals surface area (Å²) in [6, 6.07) is 3.49. The second-order valence-electron chi connectivity index (χ2n) is 9.19. The summed E-state index contributed by atoms with van der Waals surface area (Å²) in [6.07, 6.45) is 4.66. The normalized spacial score (nSPS) is 20.8. The van der Waals surface area contributed by atoms with Gasteiger partial charge in [-0.25, -0.2) is 4.98 Å². The Morgan fingerprint density at radius 1 is 1.03 bits per heavy atom. The summed E-state index contributed by atoms with van der Waals surface area (Å²) in [6.45, 7) is 9.51. The molecule has 2 saturated heterocycles. The van der Waals surface area contributed by atoms with E-state index in [0.29, 0.717) is 18.8 Å². The number of carbonyl (C=O) groups is 1. The number of likely N-dealkylation sites (N-methyl/N-ethyl adjacent to an activating group) is 1. The zero-order valence-corrected chi connectivity index (χ0v) is 18.6. The number of carbonyl (C=O) groups excluding carboxylic acids is 1. The first-order valence-corrected chi connectivity index (χ1v) is 11.5. The van der Waals surface area contributed by atoms with Crippen molar-refractivity contribution in [3.8, 4) is 0 Å². The number of piperazine rings is 1. The molecule has 5 heterocycles. The van der Waals surface area contributed by atoms with Gasteiger partial charge in [0.2, 0.25) is 5.95 Å². The molecule has 2 aromatic rings. The highest BCUT2D eigenvalue weighted by molar-refractivity contribution is 5.91. The number of hydrogen-bond acceptors (Lipinski definition) is 7. The molecule has 5 rings (SSSR count). The number of furan rings is 1. The molecule has 31 heavy (non-hydrogen) atoms. The molecule has 2 fully saturated rings. The van der Waals surface area contributed by atoms with Crippen LogP contribution in [0.15, 0.2) is 22.8 Å². The van der Waals surface area contributed by atoms with Crippen molar-refractivity contribution in [1.82, 2.24) is 19.8 Å². The van der Waals surface area contributed by atoms with E-state index in [-0.39, 0.29) is 5.91 Å². The summed E-state index contributed by atoms with van der Waals surface area (Å²) in [5, 5.41) is 0. The Bertz CT molecular complexity index is 914. The van der Waals surface area contributed by atoms with E-state index >= 15 is 0 Å². The van der Waals surface area contributed by atoms with Gasteiger partial charge in [-0.2, -0.15) is 4.98 Å². The highest BCUT2D eigenvalue weighted by atomic mass is 16.3. The van der Waals surface area contributed by atoms with E-state index in [2.05, 4.69) is 28.7 Å². The molecular weight excluding hydrogens is 392 g/mol. The third kappa shape index (κ3) is 4.13. The predicted molar refractivity (Wildman–Crippen MR) is 120 cm³/mol. The van der Waals surface area contributed by atoms with Crippen LogP contribution in [-0.2, 0) is 13.0 Å². The van der Waals surface area contributed by atoms with E-state index in [1.54, 1.807) is 18.4 Å². The fraction of sp³-hybridized carbons (Fsp3) is 0.609. The van der Waals surface area contributed by atoms with Crippen LogP contribution in [0.2, 0.25) is 0 Å². The topological polar surface area (TPSA) is 69.0 Å². The Kier molecular flexibility index (Phi) is 5.56. The summed E-state index contributed by atoms with van der Waals surface area (Å²) < 4.78 is 5.36. The second kappa shape index (κ2) is 8.49. The Morgan fingerprint density at radius 3 is 2.52 bits per heavy atom. The standard InChI is InChI=1S/C23H32N6O2/c1-17-5-8-27(9-6-17)21-18-16-29(22(30)20-4-3-15-31-20)10-7-19(18)24-23(25-21)28-13-11-26(2)12-14-28/h3-4,15,17H,5-14,16H2,1-2H3. The average Bonchev–Trinajstić information content (AvgIpc) is 3.34. The van der Waals surface area contributed by atoms with Gasteiger partial charge in [0.15, 0.2) is 5.76 Å². The van der Waals surface area contributed by atoms with Gasteiger partial charge in [-0.3, -0.25) is 4.79 Å². The maximum absolute atomic E-state index is 12.9. The maximum atomic E-state index is 12.9. The SMILES string of the molecule is CC1CCN(c2nc(N3CCN(C)CC3)nc3c2CN(C(=O)c2ccco2)CC3)CC1. The third-order valence-electron chi connectivity index (χ3n) is 6.92. The van der Waals surface area contributed by atoms with Crippen molar-refractivity contribution in [2.75, 3.05) is 62.7 Å². The van der Waals surface area contributed by atoms with Crippen molar-refractivity contribution >= 4 is 17.7 Å². The van der Waals surface area contributed by atoms with Crippen molar-refractivity contribution in [3.63, 3.8) is 0 Å². The van der Waals surface area contributed by atoms with Gasteiger partial charge in [-0.05, 0) is 37.9 Å². The number of hydrogen-bond donors (Lipinski definition) is 0. The van der Waals surface area contributed by atoms with Crippen LogP contribution in [0.4, 0.5) is 11.8 Å². The molecule has 0 aliphatic carbocycles. The minimum Gasteiger partial charge on any atom is -0.459 e. The Labute approximate surface area is 183 Å². The van der Waals surface area contributed by atoms with Crippen LogP contribution in [0.1, 0.15) is 41.6 Å². The molecule has 0 bridgehead atoms. The van der Waals surface area contributed by atoms with Crippen molar-refractivity contribution in [3.05, 3.63) is 35.4 Å². The number of fused-ring (bicyclic) bond motifs is 1. The molecule has 0 spiro atoms. The lowest BCUT2D eigenvalue weighted by atomic mass is 9.98. The number of piperidine rings is 1. The van der Waals surface area contributed by atoms with Gasteiger partial charge in [0.05, 0.1) is 18.5 Å². The number of amides is 1. The number of rotatable bonds is 3. The summed E-state index contributed by atoms with van der Waals surface area (Å²) in [7, 11) is 2.16.